The maximum absolute atomic E-state index is 12.4. The zero-order chi connectivity index (χ0) is 20.5. The molecule has 29 heavy (non-hydrogen) atoms. The van der Waals surface area contributed by atoms with Crippen molar-refractivity contribution in [3.8, 4) is 11.5 Å². The zero-order valence-electron chi connectivity index (χ0n) is 16.1. The smallest absolute Gasteiger partial charge is 0.373 e. The summed E-state index contributed by atoms with van der Waals surface area (Å²) in [6, 6.07) is 12.2. The van der Waals surface area contributed by atoms with Gasteiger partial charge in [0.2, 0.25) is 5.76 Å². The van der Waals surface area contributed by atoms with Crippen molar-refractivity contribution in [2.45, 2.75) is 13.5 Å². The number of aryl methyl sites for hydroxylation is 1. The lowest BCUT2D eigenvalue weighted by Gasteiger charge is -2.08. The molecule has 4 aromatic rings. The average Bonchev–Trinajstić information content (AvgIpc) is 3.11. The molecular weight excluding hydrogens is 376 g/mol. The van der Waals surface area contributed by atoms with Gasteiger partial charge in [0.05, 0.1) is 19.6 Å². The van der Waals surface area contributed by atoms with Crippen LogP contribution in [0.4, 0.5) is 0 Å². The van der Waals surface area contributed by atoms with Crippen molar-refractivity contribution in [1.82, 2.24) is 0 Å². The summed E-state index contributed by atoms with van der Waals surface area (Å²) in [5.41, 5.74) is 0.693. The molecule has 0 bridgehead atoms. The first-order chi connectivity index (χ1) is 14.0. The fourth-order valence-corrected chi connectivity index (χ4v) is 3.13. The molecule has 0 saturated carbocycles. The molecule has 2 heterocycles. The molecule has 0 radical (unpaired) electrons. The number of carbonyl (C=O) groups excluding carboxylic acids is 1. The second-order valence-electron chi connectivity index (χ2n) is 6.43. The molecule has 0 fully saturated rings. The monoisotopic (exact) mass is 394 g/mol. The van der Waals surface area contributed by atoms with Crippen LogP contribution < -0.4 is 15.1 Å². The van der Waals surface area contributed by atoms with E-state index in [0.717, 1.165) is 16.3 Å². The first-order valence-corrected chi connectivity index (χ1v) is 8.85. The van der Waals surface area contributed by atoms with E-state index in [1.807, 2.05) is 12.1 Å². The van der Waals surface area contributed by atoms with Gasteiger partial charge < -0.3 is 23.0 Å². The lowest BCUT2D eigenvalue weighted by Crippen LogP contribution is -2.01. The Kier molecular flexibility index (Phi) is 4.72. The van der Waals surface area contributed by atoms with Crippen LogP contribution in [0.25, 0.3) is 21.7 Å². The van der Waals surface area contributed by atoms with Gasteiger partial charge in [-0.2, -0.15) is 0 Å². The summed E-state index contributed by atoms with van der Waals surface area (Å²) in [6.07, 6.45) is 0. The van der Waals surface area contributed by atoms with Crippen molar-refractivity contribution in [3.63, 3.8) is 0 Å². The number of benzene rings is 2. The van der Waals surface area contributed by atoms with Gasteiger partial charge in [0.1, 0.15) is 29.4 Å². The SMILES string of the molecule is COC(=O)c1cc(COc2ccc3c(c2)oc(=O)c2cc(OC)ccc23)c(C)o1. The summed E-state index contributed by atoms with van der Waals surface area (Å²) in [5.74, 6) is 1.25. The van der Waals surface area contributed by atoms with Crippen LogP contribution in [0, 0.1) is 6.92 Å². The number of ether oxygens (including phenoxy) is 3. The quantitative estimate of drug-likeness (QED) is 0.284. The fourth-order valence-electron chi connectivity index (χ4n) is 3.13. The molecule has 4 rings (SSSR count). The van der Waals surface area contributed by atoms with Crippen molar-refractivity contribution < 1.29 is 27.8 Å². The van der Waals surface area contributed by atoms with E-state index in [1.54, 1.807) is 44.4 Å². The van der Waals surface area contributed by atoms with E-state index in [-0.39, 0.29) is 12.4 Å². The van der Waals surface area contributed by atoms with Gasteiger partial charge in [-0.25, -0.2) is 9.59 Å². The molecule has 0 unspecified atom stereocenters. The van der Waals surface area contributed by atoms with Crippen molar-refractivity contribution >= 4 is 27.7 Å². The van der Waals surface area contributed by atoms with Crippen LogP contribution in [0.3, 0.4) is 0 Å². The lowest BCUT2D eigenvalue weighted by molar-refractivity contribution is 0.0563. The van der Waals surface area contributed by atoms with Crippen LogP contribution in [-0.2, 0) is 11.3 Å². The van der Waals surface area contributed by atoms with Gasteiger partial charge >= 0.3 is 11.6 Å². The predicted molar refractivity (Wildman–Crippen MR) is 106 cm³/mol. The molecule has 7 heteroatoms. The highest BCUT2D eigenvalue weighted by molar-refractivity contribution is 6.04. The summed E-state index contributed by atoms with van der Waals surface area (Å²) in [4.78, 5) is 23.9. The summed E-state index contributed by atoms with van der Waals surface area (Å²) < 4.78 is 26.5. The molecule has 0 saturated heterocycles. The molecule has 0 amide bonds. The molecule has 0 aliphatic rings. The molecular formula is C22H18O7. The Balaban J connectivity index is 1.64. The Morgan fingerprint density at radius 3 is 2.45 bits per heavy atom. The number of hydrogen-bond acceptors (Lipinski definition) is 7. The Morgan fingerprint density at radius 1 is 0.931 bits per heavy atom. The van der Waals surface area contributed by atoms with E-state index in [4.69, 9.17) is 18.3 Å². The zero-order valence-corrected chi connectivity index (χ0v) is 16.1. The van der Waals surface area contributed by atoms with E-state index in [1.165, 1.54) is 7.11 Å². The van der Waals surface area contributed by atoms with Crippen LogP contribution in [0.5, 0.6) is 11.5 Å². The summed E-state index contributed by atoms with van der Waals surface area (Å²) in [5, 5.41) is 2.02. The van der Waals surface area contributed by atoms with Gasteiger partial charge in [-0.1, -0.05) is 0 Å². The van der Waals surface area contributed by atoms with Crippen LogP contribution in [0.1, 0.15) is 21.9 Å². The third-order valence-electron chi connectivity index (χ3n) is 4.69. The second-order valence-corrected chi connectivity index (χ2v) is 6.43. The van der Waals surface area contributed by atoms with Gasteiger partial charge in [0.15, 0.2) is 0 Å². The summed E-state index contributed by atoms with van der Waals surface area (Å²) in [7, 11) is 2.84. The van der Waals surface area contributed by atoms with Crippen LogP contribution in [-0.4, -0.2) is 20.2 Å². The molecule has 148 valence electrons. The highest BCUT2D eigenvalue weighted by atomic mass is 16.5. The number of methoxy groups -OCH3 is 2. The molecule has 2 aromatic carbocycles. The second kappa shape index (κ2) is 7.35. The maximum atomic E-state index is 12.4. The number of esters is 1. The number of rotatable bonds is 5. The topological polar surface area (TPSA) is 88.1 Å². The van der Waals surface area contributed by atoms with E-state index >= 15 is 0 Å². The van der Waals surface area contributed by atoms with E-state index in [0.29, 0.717) is 28.2 Å². The molecule has 7 nitrogen and oxygen atoms in total. The molecule has 2 aromatic heterocycles. The van der Waals surface area contributed by atoms with E-state index in [2.05, 4.69) is 4.74 Å². The van der Waals surface area contributed by atoms with Gasteiger partial charge in [-0.15, -0.1) is 0 Å². The highest BCUT2D eigenvalue weighted by Crippen LogP contribution is 2.29. The molecule has 0 N–H and O–H groups in total. The number of carbonyl (C=O) groups is 1. The molecule has 0 aliphatic carbocycles. The average molecular weight is 394 g/mol. The minimum absolute atomic E-state index is 0.120. The third kappa shape index (κ3) is 3.42. The minimum Gasteiger partial charge on any atom is -0.497 e. The van der Waals surface area contributed by atoms with Crippen LogP contribution in [0.15, 0.2) is 56.1 Å². The van der Waals surface area contributed by atoms with Crippen molar-refractivity contribution in [2.24, 2.45) is 0 Å². The Morgan fingerprint density at radius 2 is 1.69 bits per heavy atom. The lowest BCUT2D eigenvalue weighted by atomic mass is 10.1. The first kappa shape index (κ1) is 18.6. The van der Waals surface area contributed by atoms with Crippen molar-refractivity contribution in [2.75, 3.05) is 14.2 Å². The number of furan rings is 1. The third-order valence-corrected chi connectivity index (χ3v) is 4.69. The highest BCUT2D eigenvalue weighted by Gasteiger charge is 2.15. The maximum Gasteiger partial charge on any atom is 0.373 e. The summed E-state index contributed by atoms with van der Waals surface area (Å²) >= 11 is 0. The van der Waals surface area contributed by atoms with Crippen molar-refractivity contribution in [1.29, 1.82) is 0 Å². The van der Waals surface area contributed by atoms with Gasteiger partial charge in [0, 0.05) is 22.4 Å². The van der Waals surface area contributed by atoms with E-state index in [9.17, 15) is 9.59 Å². The van der Waals surface area contributed by atoms with Gasteiger partial charge in [-0.3, -0.25) is 0 Å². The predicted octanol–water partition coefficient (Wildman–Crippen LogP) is 4.22. The molecule has 0 spiro atoms. The Hall–Kier alpha value is -3.74. The Bertz CT molecular complexity index is 1280. The number of hydrogen-bond donors (Lipinski definition) is 0. The number of fused-ring (bicyclic) bond motifs is 3. The normalized spacial score (nSPS) is 11.0. The Labute approximate surface area is 165 Å². The standard InChI is InChI=1S/C22H18O7/c1-12-13(8-20(28-12)22(24)26-3)11-27-15-5-7-17-16-6-4-14(25-2)9-18(16)21(23)29-19(17)10-15/h4-10H,11H2,1-3H3. The van der Waals surface area contributed by atoms with E-state index < -0.39 is 11.6 Å². The van der Waals surface area contributed by atoms with Gasteiger partial charge in [-0.05, 0) is 43.3 Å². The minimum atomic E-state index is -0.546. The van der Waals surface area contributed by atoms with Gasteiger partial charge in [0.25, 0.3) is 0 Å². The van der Waals surface area contributed by atoms with Crippen LogP contribution >= 0.6 is 0 Å². The molecule has 0 aliphatic heterocycles. The fraction of sp³-hybridized carbons (Fsp3) is 0.182. The van der Waals surface area contributed by atoms with Crippen LogP contribution in [0.2, 0.25) is 0 Å². The summed E-state index contributed by atoms with van der Waals surface area (Å²) in [6.45, 7) is 1.93. The first-order valence-electron chi connectivity index (χ1n) is 8.85. The largest absolute Gasteiger partial charge is 0.497 e. The molecule has 0 atom stereocenters. The van der Waals surface area contributed by atoms with Crippen molar-refractivity contribution in [3.05, 3.63) is 70.0 Å².